The Labute approximate surface area is 114 Å². The summed E-state index contributed by atoms with van der Waals surface area (Å²) in [6.07, 6.45) is 0. The van der Waals surface area contributed by atoms with Gasteiger partial charge in [0.15, 0.2) is 0 Å². The molecule has 98 valence electrons. The van der Waals surface area contributed by atoms with Gasteiger partial charge in [-0.15, -0.1) is 5.10 Å². The Bertz CT molecular complexity index is 535. The number of thioether (sulfide) groups is 1. The lowest BCUT2D eigenvalue weighted by atomic mass is 10.3. The lowest BCUT2D eigenvalue weighted by molar-refractivity contribution is 0.557. The zero-order valence-corrected chi connectivity index (χ0v) is 11.7. The number of halogens is 1. The number of aromatic nitrogens is 6. The molecule has 2 N–H and O–H groups in total. The van der Waals surface area contributed by atoms with Crippen LogP contribution in [0.3, 0.4) is 0 Å². The van der Waals surface area contributed by atoms with Crippen LogP contribution in [0, 0.1) is 6.92 Å². The SMILES string of the molecule is Cc1nn(C)c(Cl)c1CSc1nnnn1CCN. The number of aryl methyl sites for hydroxylation is 2. The molecule has 0 saturated carbocycles. The highest BCUT2D eigenvalue weighted by Crippen LogP contribution is 2.26. The van der Waals surface area contributed by atoms with Gasteiger partial charge in [0.25, 0.3) is 0 Å². The van der Waals surface area contributed by atoms with E-state index in [9.17, 15) is 0 Å². The largest absolute Gasteiger partial charge is 0.329 e. The number of hydrogen-bond acceptors (Lipinski definition) is 6. The first-order valence-corrected chi connectivity index (χ1v) is 6.77. The van der Waals surface area contributed by atoms with Gasteiger partial charge in [0, 0.05) is 24.9 Å². The first-order chi connectivity index (χ1) is 8.63. The van der Waals surface area contributed by atoms with Crippen LogP contribution in [0.2, 0.25) is 5.15 Å². The molecule has 0 aliphatic carbocycles. The van der Waals surface area contributed by atoms with E-state index in [1.807, 2.05) is 14.0 Å². The van der Waals surface area contributed by atoms with Crippen molar-refractivity contribution in [2.45, 2.75) is 24.4 Å². The Morgan fingerprint density at radius 2 is 2.22 bits per heavy atom. The van der Waals surface area contributed by atoms with Crippen LogP contribution in [0.5, 0.6) is 0 Å². The Kier molecular flexibility index (Phi) is 4.20. The van der Waals surface area contributed by atoms with E-state index in [0.717, 1.165) is 16.4 Å². The summed E-state index contributed by atoms with van der Waals surface area (Å²) in [6.45, 7) is 3.05. The summed E-state index contributed by atoms with van der Waals surface area (Å²) in [7, 11) is 1.82. The van der Waals surface area contributed by atoms with Crippen molar-refractivity contribution in [1.82, 2.24) is 30.0 Å². The van der Waals surface area contributed by atoms with Crippen LogP contribution in [0.1, 0.15) is 11.3 Å². The van der Waals surface area contributed by atoms with Gasteiger partial charge in [-0.2, -0.15) is 5.10 Å². The minimum atomic E-state index is 0.505. The first-order valence-electron chi connectivity index (χ1n) is 5.40. The van der Waals surface area contributed by atoms with E-state index in [4.69, 9.17) is 17.3 Å². The number of rotatable bonds is 5. The predicted octanol–water partition coefficient (Wildman–Crippen LogP) is 0.619. The molecule has 0 spiro atoms. The quantitative estimate of drug-likeness (QED) is 0.811. The van der Waals surface area contributed by atoms with Gasteiger partial charge in [0.2, 0.25) is 5.16 Å². The molecular weight excluding hydrogens is 274 g/mol. The maximum atomic E-state index is 6.16. The van der Waals surface area contributed by atoms with E-state index in [1.54, 1.807) is 9.36 Å². The highest BCUT2D eigenvalue weighted by molar-refractivity contribution is 7.98. The first kappa shape index (κ1) is 13.3. The average molecular weight is 288 g/mol. The molecule has 0 bridgehead atoms. The summed E-state index contributed by atoms with van der Waals surface area (Å²) >= 11 is 7.69. The Hall–Kier alpha value is -1.12. The monoisotopic (exact) mass is 287 g/mol. The molecule has 0 unspecified atom stereocenters. The highest BCUT2D eigenvalue weighted by Gasteiger charge is 2.13. The van der Waals surface area contributed by atoms with Gasteiger partial charge in [-0.05, 0) is 17.4 Å². The van der Waals surface area contributed by atoms with Crippen molar-refractivity contribution in [3.8, 4) is 0 Å². The van der Waals surface area contributed by atoms with Crippen LogP contribution < -0.4 is 5.73 Å². The van der Waals surface area contributed by atoms with Crippen LogP contribution >= 0.6 is 23.4 Å². The molecule has 2 aromatic rings. The van der Waals surface area contributed by atoms with E-state index in [-0.39, 0.29) is 0 Å². The second-order valence-corrected chi connectivity index (χ2v) is 5.04. The summed E-state index contributed by atoms with van der Waals surface area (Å²) < 4.78 is 3.35. The van der Waals surface area contributed by atoms with Crippen molar-refractivity contribution < 1.29 is 0 Å². The van der Waals surface area contributed by atoms with Crippen LogP contribution in [0.15, 0.2) is 5.16 Å². The topological polar surface area (TPSA) is 87.4 Å². The second-order valence-electron chi connectivity index (χ2n) is 3.74. The zero-order valence-electron chi connectivity index (χ0n) is 10.2. The maximum Gasteiger partial charge on any atom is 0.209 e. The van der Waals surface area contributed by atoms with Crippen LogP contribution in [-0.4, -0.2) is 36.5 Å². The number of nitrogens with two attached hydrogens (primary N) is 1. The lowest BCUT2D eigenvalue weighted by Crippen LogP contribution is -2.12. The van der Waals surface area contributed by atoms with Crippen molar-refractivity contribution in [3.05, 3.63) is 16.4 Å². The molecule has 0 amide bonds. The maximum absolute atomic E-state index is 6.16. The Balaban J connectivity index is 2.09. The van der Waals surface area contributed by atoms with E-state index in [2.05, 4.69) is 20.6 Å². The van der Waals surface area contributed by atoms with Gasteiger partial charge < -0.3 is 5.73 Å². The normalized spacial score (nSPS) is 11.1. The summed E-state index contributed by atoms with van der Waals surface area (Å²) in [4.78, 5) is 0. The summed E-state index contributed by atoms with van der Waals surface area (Å²) in [5.41, 5.74) is 7.42. The highest BCUT2D eigenvalue weighted by atomic mass is 35.5. The molecule has 0 radical (unpaired) electrons. The predicted molar refractivity (Wildman–Crippen MR) is 69.4 cm³/mol. The fourth-order valence-corrected chi connectivity index (χ4v) is 2.85. The van der Waals surface area contributed by atoms with Crippen LogP contribution in [0.25, 0.3) is 0 Å². The Morgan fingerprint density at radius 1 is 1.44 bits per heavy atom. The third-order valence-electron chi connectivity index (χ3n) is 2.46. The van der Waals surface area contributed by atoms with Crippen LogP contribution in [0.4, 0.5) is 0 Å². The number of nitrogens with zero attached hydrogens (tertiary/aromatic N) is 6. The van der Waals surface area contributed by atoms with Crippen molar-refractivity contribution >= 4 is 23.4 Å². The zero-order chi connectivity index (χ0) is 13.1. The smallest absolute Gasteiger partial charge is 0.209 e. The fourth-order valence-electron chi connectivity index (χ4n) is 1.54. The van der Waals surface area contributed by atoms with Crippen molar-refractivity contribution in [2.75, 3.05) is 6.54 Å². The summed E-state index contributed by atoms with van der Waals surface area (Å²) in [5, 5.41) is 17.1. The minimum Gasteiger partial charge on any atom is -0.329 e. The molecular formula is C9H14ClN7S. The molecule has 2 aromatic heterocycles. The molecule has 9 heteroatoms. The minimum absolute atomic E-state index is 0.505. The molecule has 0 aromatic carbocycles. The third-order valence-corrected chi connectivity index (χ3v) is 3.91. The summed E-state index contributed by atoms with van der Waals surface area (Å²) in [6, 6.07) is 0. The number of tetrazole rings is 1. The molecule has 0 fully saturated rings. The lowest BCUT2D eigenvalue weighted by Gasteiger charge is -2.02. The molecule has 18 heavy (non-hydrogen) atoms. The molecule has 0 atom stereocenters. The molecule has 2 heterocycles. The standard InChI is InChI=1S/C9H14ClN7S/c1-6-7(8(10)16(2)13-6)5-18-9-12-14-15-17(9)4-3-11/h3-5,11H2,1-2H3. The van der Waals surface area contributed by atoms with Gasteiger partial charge in [-0.1, -0.05) is 23.4 Å². The van der Waals surface area contributed by atoms with Gasteiger partial charge in [-0.25, -0.2) is 4.68 Å². The van der Waals surface area contributed by atoms with Crippen molar-refractivity contribution in [2.24, 2.45) is 12.8 Å². The third kappa shape index (κ3) is 2.65. The van der Waals surface area contributed by atoms with Gasteiger partial charge >= 0.3 is 0 Å². The second kappa shape index (κ2) is 5.68. The molecule has 7 nitrogen and oxygen atoms in total. The fraction of sp³-hybridized carbons (Fsp3) is 0.556. The van der Waals surface area contributed by atoms with Crippen LogP contribution in [-0.2, 0) is 19.3 Å². The molecule has 2 rings (SSSR count). The molecule has 0 aliphatic rings. The van der Waals surface area contributed by atoms with Crippen molar-refractivity contribution in [3.63, 3.8) is 0 Å². The molecule has 0 saturated heterocycles. The van der Waals surface area contributed by atoms with E-state index < -0.39 is 0 Å². The van der Waals surface area contributed by atoms with Crippen molar-refractivity contribution in [1.29, 1.82) is 0 Å². The average Bonchev–Trinajstić information content (AvgIpc) is 2.85. The summed E-state index contributed by atoms with van der Waals surface area (Å²) in [5.74, 6) is 0.684. The Morgan fingerprint density at radius 3 is 2.83 bits per heavy atom. The van der Waals surface area contributed by atoms with Gasteiger partial charge in [0.1, 0.15) is 5.15 Å². The van der Waals surface area contributed by atoms with E-state index in [0.29, 0.717) is 24.0 Å². The van der Waals surface area contributed by atoms with Gasteiger partial charge in [-0.3, -0.25) is 4.68 Å². The van der Waals surface area contributed by atoms with Gasteiger partial charge in [0.05, 0.1) is 12.2 Å². The van der Waals surface area contributed by atoms with E-state index in [1.165, 1.54) is 11.8 Å². The number of hydrogen-bond donors (Lipinski definition) is 1. The molecule has 0 aliphatic heterocycles. The van der Waals surface area contributed by atoms with E-state index >= 15 is 0 Å².